The number of rotatable bonds is 3. The van der Waals surface area contributed by atoms with Crippen molar-refractivity contribution >= 4 is 21.9 Å². The van der Waals surface area contributed by atoms with Crippen molar-refractivity contribution in [2.75, 3.05) is 0 Å². The summed E-state index contributed by atoms with van der Waals surface area (Å²) < 4.78 is 0.757. The van der Waals surface area contributed by atoms with Crippen molar-refractivity contribution < 1.29 is 15.0 Å². The highest BCUT2D eigenvalue weighted by Gasteiger charge is 2.05. The Morgan fingerprint density at radius 1 is 1.46 bits per heavy atom. The van der Waals surface area contributed by atoms with Crippen molar-refractivity contribution in [3.63, 3.8) is 0 Å². The Morgan fingerprint density at radius 2 is 2.15 bits per heavy atom. The van der Waals surface area contributed by atoms with E-state index in [2.05, 4.69) is 15.9 Å². The first-order valence-corrected chi connectivity index (χ1v) is 4.52. The average molecular weight is 245 g/mol. The third-order valence-corrected chi connectivity index (χ3v) is 2.41. The Labute approximate surface area is 84.1 Å². The smallest absolute Gasteiger partial charge is 0.307 e. The third-order valence-electron chi connectivity index (χ3n) is 1.63. The molecule has 1 rings (SSSR count). The molecule has 1 aromatic carbocycles. The molecule has 0 unspecified atom stereocenters. The summed E-state index contributed by atoms with van der Waals surface area (Å²) in [7, 11) is 0. The molecule has 0 heterocycles. The number of hydrogen-bond acceptors (Lipinski definition) is 2. The number of hydrogen-bond donors (Lipinski definition) is 2. The van der Waals surface area contributed by atoms with E-state index in [1.54, 1.807) is 18.2 Å². The lowest BCUT2D eigenvalue weighted by Gasteiger charge is -2.03. The average Bonchev–Trinajstić information content (AvgIpc) is 2.08. The predicted octanol–water partition coefficient (Wildman–Crippen LogP) is 1.57. The van der Waals surface area contributed by atoms with Crippen LogP contribution in [0, 0.1) is 0 Å². The van der Waals surface area contributed by atoms with E-state index in [-0.39, 0.29) is 13.0 Å². The first-order valence-electron chi connectivity index (χ1n) is 3.73. The normalized spacial score (nSPS) is 10.0. The van der Waals surface area contributed by atoms with Crippen molar-refractivity contribution in [3.05, 3.63) is 33.8 Å². The number of benzene rings is 1. The maximum Gasteiger partial charge on any atom is 0.307 e. The van der Waals surface area contributed by atoms with E-state index in [1.165, 1.54) is 0 Å². The quantitative estimate of drug-likeness (QED) is 0.849. The minimum Gasteiger partial charge on any atom is -0.481 e. The molecule has 13 heavy (non-hydrogen) atoms. The van der Waals surface area contributed by atoms with Gasteiger partial charge in [0, 0.05) is 4.47 Å². The van der Waals surface area contributed by atoms with E-state index in [0.29, 0.717) is 5.56 Å². The van der Waals surface area contributed by atoms with Crippen LogP contribution in [0.2, 0.25) is 0 Å². The van der Waals surface area contributed by atoms with Crippen molar-refractivity contribution in [2.24, 2.45) is 0 Å². The zero-order chi connectivity index (χ0) is 9.84. The van der Waals surface area contributed by atoms with E-state index in [9.17, 15) is 4.79 Å². The van der Waals surface area contributed by atoms with Crippen LogP contribution < -0.4 is 0 Å². The fraction of sp³-hybridized carbons (Fsp3) is 0.222. The first kappa shape index (κ1) is 10.2. The van der Waals surface area contributed by atoms with Crippen molar-refractivity contribution in [1.29, 1.82) is 0 Å². The Balaban J connectivity index is 2.96. The van der Waals surface area contributed by atoms with Crippen LogP contribution in [0.5, 0.6) is 0 Å². The predicted molar refractivity (Wildman–Crippen MR) is 51.4 cm³/mol. The number of halogens is 1. The largest absolute Gasteiger partial charge is 0.481 e. The van der Waals surface area contributed by atoms with Crippen LogP contribution in [0.4, 0.5) is 0 Å². The van der Waals surface area contributed by atoms with Crippen LogP contribution in [0.15, 0.2) is 22.7 Å². The number of aliphatic hydroxyl groups is 1. The van der Waals surface area contributed by atoms with Crippen LogP contribution >= 0.6 is 15.9 Å². The van der Waals surface area contributed by atoms with Crippen molar-refractivity contribution in [3.8, 4) is 0 Å². The Hall–Kier alpha value is -0.870. The molecule has 0 aromatic heterocycles. The lowest BCUT2D eigenvalue weighted by molar-refractivity contribution is -0.136. The minimum absolute atomic E-state index is 0.0333. The summed E-state index contributed by atoms with van der Waals surface area (Å²) in [5, 5.41) is 17.4. The lowest BCUT2D eigenvalue weighted by atomic mass is 10.1. The van der Waals surface area contributed by atoms with Gasteiger partial charge in [-0.25, -0.2) is 0 Å². The summed E-state index contributed by atoms with van der Waals surface area (Å²) in [6.45, 7) is -0.0695. The molecule has 0 fully saturated rings. The molecule has 0 saturated heterocycles. The standard InChI is InChI=1S/C9H9BrO3/c10-8-2-1-6(5-11)3-7(8)4-9(12)13/h1-3,11H,4-5H2,(H,12,13). The first-order chi connectivity index (χ1) is 6.13. The molecule has 0 saturated carbocycles. The topological polar surface area (TPSA) is 57.5 Å². The zero-order valence-corrected chi connectivity index (χ0v) is 8.41. The van der Waals surface area contributed by atoms with Gasteiger partial charge < -0.3 is 10.2 Å². The van der Waals surface area contributed by atoms with Crippen LogP contribution in [-0.2, 0) is 17.8 Å². The maximum absolute atomic E-state index is 10.4. The van der Waals surface area contributed by atoms with E-state index in [0.717, 1.165) is 10.0 Å². The van der Waals surface area contributed by atoms with E-state index < -0.39 is 5.97 Å². The second-order valence-corrected chi connectivity index (χ2v) is 3.51. The highest BCUT2D eigenvalue weighted by molar-refractivity contribution is 9.10. The molecule has 0 aliphatic rings. The van der Waals surface area contributed by atoms with Gasteiger partial charge in [-0.15, -0.1) is 0 Å². The molecule has 0 aliphatic heterocycles. The fourth-order valence-corrected chi connectivity index (χ4v) is 1.41. The van der Waals surface area contributed by atoms with Gasteiger partial charge in [-0.05, 0) is 17.2 Å². The maximum atomic E-state index is 10.4. The summed E-state index contributed by atoms with van der Waals surface area (Å²) in [5.41, 5.74) is 1.40. The van der Waals surface area contributed by atoms with Gasteiger partial charge in [0.25, 0.3) is 0 Å². The Bertz CT molecular complexity index is 323. The molecule has 0 bridgehead atoms. The van der Waals surface area contributed by atoms with Crippen LogP contribution in [0.1, 0.15) is 11.1 Å². The van der Waals surface area contributed by atoms with E-state index in [1.807, 2.05) is 0 Å². The molecule has 3 nitrogen and oxygen atoms in total. The molecule has 0 atom stereocenters. The zero-order valence-electron chi connectivity index (χ0n) is 6.83. The van der Waals surface area contributed by atoms with Gasteiger partial charge in [-0.2, -0.15) is 0 Å². The summed E-state index contributed by atoms with van der Waals surface area (Å²) in [5.74, 6) is -0.879. The number of aliphatic hydroxyl groups excluding tert-OH is 1. The van der Waals surface area contributed by atoms with Crippen LogP contribution in [0.25, 0.3) is 0 Å². The SMILES string of the molecule is O=C(O)Cc1cc(CO)ccc1Br. The summed E-state index contributed by atoms with van der Waals surface area (Å²) >= 11 is 3.24. The van der Waals surface area contributed by atoms with Crippen LogP contribution in [0.3, 0.4) is 0 Å². The van der Waals surface area contributed by atoms with Gasteiger partial charge >= 0.3 is 5.97 Å². The number of carboxylic acid groups (broad SMARTS) is 1. The number of carboxylic acids is 1. The van der Waals surface area contributed by atoms with Gasteiger partial charge in [0.15, 0.2) is 0 Å². The lowest BCUT2D eigenvalue weighted by Crippen LogP contribution is -2.01. The molecule has 0 radical (unpaired) electrons. The third kappa shape index (κ3) is 2.82. The highest BCUT2D eigenvalue weighted by atomic mass is 79.9. The summed E-state index contributed by atoms with van der Waals surface area (Å²) in [6, 6.07) is 5.16. The van der Waals surface area contributed by atoms with E-state index >= 15 is 0 Å². The molecule has 0 amide bonds. The summed E-state index contributed by atoms with van der Waals surface area (Å²) in [6.07, 6.45) is -0.0333. The van der Waals surface area contributed by atoms with E-state index in [4.69, 9.17) is 10.2 Å². The van der Waals surface area contributed by atoms with Gasteiger partial charge in [-0.1, -0.05) is 28.1 Å². The minimum atomic E-state index is -0.879. The Morgan fingerprint density at radius 3 is 2.69 bits per heavy atom. The Kier molecular flexibility index (Phi) is 3.45. The molecule has 1 aromatic rings. The molecule has 4 heteroatoms. The van der Waals surface area contributed by atoms with Gasteiger partial charge in [0.05, 0.1) is 13.0 Å². The van der Waals surface area contributed by atoms with Gasteiger partial charge in [0.2, 0.25) is 0 Å². The highest BCUT2D eigenvalue weighted by Crippen LogP contribution is 2.18. The molecule has 0 spiro atoms. The number of carbonyl (C=O) groups is 1. The second kappa shape index (κ2) is 4.39. The monoisotopic (exact) mass is 244 g/mol. The van der Waals surface area contributed by atoms with Crippen molar-refractivity contribution in [2.45, 2.75) is 13.0 Å². The van der Waals surface area contributed by atoms with Crippen LogP contribution in [-0.4, -0.2) is 16.2 Å². The molecule has 0 aliphatic carbocycles. The van der Waals surface area contributed by atoms with Gasteiger partial charge in [0.1, 0.15) is 0 Å². The summed E-state index contributed by atoms with van der Waals surface area (Å²) in [4.78, 5) is 10.4. The fourth-order valence-electron chi connectivity index (χ4n) is 1.02. The van der Waals surface area contributed by atoms with Gasteiger partial charge in [-0.3, -0.25) is 4.79 Å². The molecule has 2 N–H and O–H groups in total. The molecule has 70 valence electrons. The molecular weight excluding hydrogens is 236 g/mol. The second-order valence-electron chi connectivity index (χ2n) is 2.65. The number of aliphatic carboxylic acids is 1. The van der Waals surface area contributed by atoms with Crippen molar-refractivity contribution in [1.82, 2.24) is 0 Å². The molecular formula is C9H9BrO3.